The monoisotopic (exact) mass is 212 g/mol. The average molecular weight is 213 g/mol. The number of hydrogen-bond acceptors (Lipinski definition) is 3. The molecular formula is C7H5ClN4O2. The van der Waals surface area contributed by atoms with Crippen molar-refractivity contribution in [1.82, 2.24) is 0 Å². The van der Waals surface area contributed by atoms with E-state index < -0.39 is 4.92 Å². The van der Waals surface area contributed by atoms with Gasteiger partial charge in [-0.3, -0.25) is 10.1 Å². The lowest BCUT2D eigenvalue weighted by atomic mass is 10.2. The Hall–Kier alpha value is -1.78. The number of nitrogens with zero attached hydrogens (tertiary/aromatic N) is 4. The smallest absolute Gasteiger partial charge is 0.258 e. The molecule has 0 aromatic heterocycles. The molecule has 0 radical (unpaired) electrons. The standard InChI is InChI=1S/C7H5ClN4O2/c8-6-2-1-5(4-10-11-9)3-7(6)12(13)14/h1-3H,4H2. The van der Waals surface area contributed by atoms with Crippen LogP contribution in [0.2, 0.25) is 5.02 Å². The fraction of sp³-hybridized carbons (Fsp3) is 0.143. The van der Waals surface area contributed by atoms with Crippen LogP contribution >= 0.6 is 11.6 Å². The van der Waals surface area contributed by atoms with E-state index >= 15 is 0 Å². The molecule has 0 heterocycles. The Kier molecular flexibility index (Phi) is 3.28. The topological polar surface area (TPSA) is 91.9 Å². The fourth-order valence-electron chi connectivity index (χ4n) is 0.910. The second-order valence-electron chi connectivity index (χ2n) is 2.43. The van der Waals surface area contributed by atoms with Gasteiger partial charge in [0.15, 0.2) is 0 Å². The molecule has 1 aromatic carbocycles. The van der Waals surface area contributed by atoms with Crippen LogP contribution in [-0.2, 0) is 6.54 Å². The van der Waals surface area contributed by atoms with Gasteiger partial charge in [0, 0.05) is 11.0 Å². The zero-order valence-corrected chi connectivity index (χ0v) is 7.68. The molecule has 0 amide bonds. The maximum atomic E-state index is 10.5. The van der Waals surface area contributed by atoms with Crippen molar-refractivity contribution in [3.8, 4) is 0 Å². The Morgan fingerprint density at radius 1 is 1.64 bits per heavy atom. The van der Waals surface area contributed by atoms with Gasteiger partial charge in [-0.05, 0) is 17.2 Å². The molecule has 1 aromatic rings. The van der Waals surface area contributed by atoms with E-state index in [1.807, 2.05) is 0 Å². The lowest BCUT2D eigenvalue weighted by Gasteiger charge is -1.97. The lowest BCUT2D eigenvalue weighted by molar-refractivity contribution is -0.384. The second kappa shape index (κ2) is 4.45. The zero-order chi connectivity index (χ0) is 10.6. The molecule has 0 bridgehead atoms. The van der Waals surface area contributed by atoms with Gasteiger partial charge in [-0.25, -0.2) is 0 Å². The number of azide groups is 1. The fourth-order valence-corrected chi connectivity index (χ4v) is 1.10. The van der Waals surface area contributed by atoms with Crippen molar-refractivity contribution >= 4 is 17.3 Å². The summed E-state index contributed by atoms with van der Waals surface area (Å²) in [6.45, 7) is 0.0779. The molecular weight excluding hydrogens is 208 g/mol. The van der Waals surface area contributed by atoms with Crippen LogP contribution in [0.1, 0.15) is 5.56 Å². The van der Waals surface area contributed by atoms with Crippen molar-refractivity contribution in [3.63, 3.8) is 0 Å². The Labute approximate surface area is 83.9 Å². The third-order valence-corrected chi connectivity index (χ3v) is 1.84. The van der Waals surface area contributed by atoms with Crippen molar-refractivity contribution in [2.75, 3.05) is 0 Å². The largest absolute Gasteiger partial charge is 0.288 e. The van der Waals surface area contributed by atoms with Crippen molar-refractivity contribution in [3.05, 3.63) is 49.3 Å². The van der Waals surface area contributed by atoms with Crippen molar-refractivity contribution in [1.29, 1.82) is 0 Å². The van der Waals surface area contributed by atoms with E-state index in [1.54, 1.807) is 6.07 Å². The van der Waals surface area contributed by atoms with Gasteiger partial charge >= 0.3 is 0 Å². The number of benzene rings is 1. The summed E-state index contributed by atoms with van der Waals surface area (Å²) in [7, 11) is 0. The van der Waals surface area contributed by atoms with Crippen LogP contribution in [-0.4, -0.2) is 4.92 Å². The maximum absolute atomic E-state index is 10.5. The molecule has 0 fully saturated rings. The highest BCUT2D eigenvalue weighted by Gasteiger charge is 2.11. The van der Waals surface area contributed by atoms with Crippen molar-refractivity contribution in [2.45, 2.75) is 6.54 Å². The van der Waals surface area contributed by atoms with Crippen LogP contribution in [0.25, 0.3) is 10.4 Å². The minimum Gasteiger partial charge on any atom is -0.258 e. The molecule has 0 N–H and O–H groups in total. The van der Waals surface area contributed by atoms with Crippen LogP contribution in [0, 0.1) is 10.1 Å². The summed E-state index contributed by atoms with van der Waals surface area (Å²) in [6.07, 6.45) is 0. The number of nitro benzene ring substituents is 1. The molecule has 0 aliphatic carbocycles. The SMILES string of the molecule is [N-]=[N+]=NCc1ccc(Cl)c([N+](=O)[O-])c1. The highest BCUT2D eigenvalue weighted by Crippen LogP contribution is 2.25. The van der Waals surface area contributed by atoms with E-state index in [2.05, 4.69) is 10.0 Å². The summed E-state index contributed by atoms with van der Waals surface area (Å²) < 4.78 is 0. The zero-order valence-electron chi connectivity index (χ0n) is 6.92. The predicted octanol–water partition coefficient (Wildman–Crippen LogP) is 3.06. The van der Waals surface area contributed by atoms with Gasteiger partial charge in [-0.1, -0.05) is 22.8 Å². The first kappa shape index (κ1) is 10.3. The van der Waals surface area contributed by atoms with E-state index in [1.165, 1.54) is 12.1 Å². The van der Waals surface area contributed by atoms with Gasteiger partial charge in [0.1, 0.15) is 5.02 Å². The highest BCUT2D eigenvalue weighted by molar-refractivity contribution is 6.32. The summed E-state index contributed by atoms with van der Waals surface area (Å²) in [5.41, 5.74) is 8.43. The van der Waals surface area contributed by atoms with Gasteiger partial charge in [0.2, 0.25) is 0 Å². The molecule has 0 saturated carbocycles. The van der Waals surface area contributed by atoms with Gasteiger partial charge < -0.3 is 0 Å². The molecule has 6 nitrogen and oxygen atoms in total. The van der Waals surface area contributed by atoms with Gasteiger partial charge in [0.05, 0.1) is 11.5 Å². The molecule has 0 spiro atoms. The first-order valence-corrected chi connectivity index (χ1v) is 3.96. The molecule has 0 saturated heterocycles. The van der Waals surface area contributed by atoms with E-state index in [0.717, 1.165) is 0 Å². The van der Waals surface area contributed by atoms with Gasteiger partial charge in [0.25, 0.3) is 5.69 Å². The molecule has 0 aliphatic rings. The van der Waals surface area contributed by atoms with Crippen LogP contribution in [0.4, 0.5) is 5.69 Å². The lowest BCUT2D eigenvalue weighted by Crippen LogP contribution is -1.91. The highest BCUT2D eigenvalue weighted by atomic mass is 35.5. The molecule has 0 atom stereocenters. The number of rotatable bonds is 3. The van der Waals surface area contributed by atoms with Crippen LogP contribution in [0.3, 0.4) is 0 Å². The summed E-state index contributed by atoms with van der Waals surface area (Å²) in [4.78, 5) is 12.4. The average Bonchev–Trinajstić information content (AvgIpc) is 2.16. The van der Waals surface area contributed by atoms with Crippen LogP contribution < -0.4 is 0 Å². The molecule has 0 aliphatic heterocycles. The number of nitro groups is 1. The Morgan fingerprint density at radius 3 is 2.93 bits per heavy atom. The number of hydrogen-bond donors (Lipinski definition) is 0. The van der Waals surface area contributed by atoms with Gasteiger partial charge in [-0.15, -0.1) is 0 Å². The predicted molar refractivity (Wildman–Crippen MR) is 51.0 cm³/mol. The third-order valence-electron chi connectivity index (χ3n) is 1.52. The Bertz CT molecular complexity index is 414. The first-order chi connectivity index (χ1) is 6.65. The quantitative estimate of drug-likeness (QED) is 0.253. The summed E-state index contributed by atoms with van der Waals surface area (Å²) >= 11 is 5.58. The summed E-state index contributed by atoms with van der Waals surface area (Å²) in [6, 6.07) is 4.27. The van der Waals surface area contributed by atoms with E-state index in [4.69, 9.17) is 17.1 Å². The molecule has 14 heavy (non-hydrogen) atoms. The molecule has 1 rings (SSSR count). The Morgan fingerprint density at radius 2 is 2.36 bits per heavy atom. The minimum absolute atomic E-state index is 0.0692. The van der Waals surface area contributed by atoms with E-state index in [-0.39, 0.29) is 17.3 Å². The summed E-state index contributed by atoms with van der Waals surface area (Å²) in [5, 5.41) is 13.8. The van der Waals surface area contributed by atoms with Crippen molar-refractivity contribution < 1.29 is 4.92 Å². The van der Waals surface area contributed by atoms with Crippen LogP contribution in [0.15, 0.2) is 23.3 Å². The van der Waals surface area contributed by atoms with E-state index in [9.17, 15) is 10.1 Å². The third kappa shape index (κ3) is 2.35. The minimum atomic E-state index is -0.581. The Balaban J connectivity index is 3.06. The maximum Gasteiger partial charge on any atom is 0.288 e. The normalized spacial score (nSPS) is 9.21. The summed E-state index contributed by atoms with van der Waals surface area (Å²) in [5.74, 6) is 0. The molecule has 72 valence electrons. The second-order valence-corrected chi connectivity index (χ2v) is 2.84. The van der Waals surface area contributed by atoms with Gasteiger partial charge in [-0.2, -0.15) is 0 Å². The first-order valence-electron chi connectivity index (χ1n) is 3.59. The number of halogens is 1. The van der Waals surface area contributed by atoms with E-state index in [0.29, 0.717) is 5.56 Å². The molecule has 7 heteroatoms. The van der Waals surface area contributed by atoms with Crippen LogP contribution in [0.5, 0.6) is 0 Å². The van der Waals surface area contributed by atoms with Crippen molar-refractivity contribution in [2.24, 2.45) is 5.11 Å². The molecule has 0 unspecified atom stereocenters.